The number of hydrogen-bond donors (Lipinski definition) is 3. The summed E-state index contributed by atoms with van der Waals surface area (Å²) in [5.74, 6) is 0.365. The van der Waals surface area contributed by atoms with Crippen LogP contribution in [0.5, 0.6) is 11.5 Å². The molecule has 4 bridgehead atoms. The number of rotatable bonds is 13. The van der Waals surface area contributed by atoms with Crippen LogP contribution in [0.25, 0.3) is 6.08 Å². The van der Waals surface area contributed by atoms with Gasteiger partial charge in [0, 0.05) is 45.0 Å². The summed E-state index contributed by atoms with van der Waals surface area (Å²) < 4.78 is 51.7. The first-order valence-corrected chi connectivity index (χ1v) is 19.6. The summed E-state index contributed by atoms with van der Waals surface area (Å²) >= 11 is 7.20. The lowest BCUT2D eigenvalue weighted by molar-refractivity contribution is -0.645. The van der Waals surface area contributed by atoms with Gasteiger partial charge in [-0.1, -0.05) is 35.9 Å². The highest BCUT2D eigenvalue weighted by molar-refractivity contribution is 7.47. The van der Waals surface area contributed by atoms with E-state index in [4.69, 9.17) is 54.1 Å². The Kier molecular flexibility index (Phi) is 11.1. The molecule has 0 amide bonds. The van der Waals surface area contributed by atoms with E-state index in [9.17, 15) is 24.5 Å². The second-order valence-electron chi connectivity index (χ2n) is 14.6. The molecule has 16 heteroatoms. The molecule has 0 aromatic heterocycles. The average Bonchev–Trinajstić information content (AvgIpc) is 3.12. The van der Waals surface area contributed by atoms with Crippen LogP contribution in [0.1, 0.15) is 55.2 Å². The third kappa shape index (κ3) is 6.84. The maximum absolute atomic E-state index is 13.0. The van der Waals surface area contributed by atoms with Crippen LogP contribution in [0.4, 0.5) is 0 Å². The van der Waals surface area contributed by atoms with Crippen molar-refractivity contribution in [3.63, 3.8) is 0 Å². The van der Waals surface area contributed by atoms with Crippen molar-refractivity contribution in [3.05, 3.63) is 64.2 Å². The van der Waals surface area contributed by atoms with E-state index in [0.717, 1.165) is 25.7 Å². The largest absolute Gasteiger partial charge is 0.527 e. The van der Waals surface area contributed by atoms with Crippen LogP contribution in [0.2, 0.25) is 5.02 Å². The van der Waals surface area contributed by atoms with E-state index in [2.05, 4.69) is 0 Å². The van der Waals surface area contributed by atoms with Crippen molar-refractivity contribution in [1.82, 2.24) is 0 Å². The molecule has 8 rings (SSSR count). The molecule has 6 aliphatic rings. The molecule has 1 heterocycles. The fraction of sp³-hybridized carbons (Fsp3) is 0.595. The number of hydrogen-bond acceptors (Lipinski definition) is 13. The summed E-state index contributed by atoms with van der Waals surface area (Å²) in [6.45, 7) is 0.0113. The first-order valence-electron chi connectivity index (χ1n) is 17.7. The number of phosphoric ester groups is 1. The van der Waals surface area contributed by atoms with Gasteiger partial charge in [-0.25, -0.2) is 14.2 Å². The fourth-order valence-corrected chi connectivity index (χ4v) is 11.0. The first kappa shape index (κ1) is 38.7. The smallest absolute Gasteiger partial charge is 0.487 e. The number of carbonyl (C=O) groups is 1. The minimum Gasteiger partial charge on any atom is -0.487 e. The van der Waals surface area contributed by atoms with Gasteiger partial charge in [-0.05, 0) is 79.5 Å². The van der Waals surface area contributed by atoms with E-state index in [1.54, 1.807) is 31.4 Å². The molecule has 53 heavy (non-hydrogen) atoms. The summed E-state index contributed by atoms with van der Waals surface area (Å²) in [5, 5.41) is 21.0. The highest BCUT2D eigenvalue weighted by Crippen LogP contribution is 2.70. The number of carbonyl (C=O) groups excluding carboxylic acids is 1. The van der Waals surface area contributed by atoms with Crippen molar-refractivity contribution in [2.45, 2.75) is 87.0 Å². The van der Waals surface area contributed by atoms with Crippen LogP contribution in [-0.2, 0) is 55.0 Å². The fourth-order valence-electron chi connectivity index (χ4n) is 9.60. The van der Waals surface area contributed by atoms with E-state index in [0.29, 0.717) is 28.5 Å². The Morgan fingerprint density at radius 1 is 0.887 bits per heavy atom. The third-order valence-corrected chi connectivity index (χ3v) is 13.1. The van der Waals surface area contributed by atoms with Gasteiger partial charge in [-0.15, -0.1) is 0 Å². The number of esters is 1. The molecule has 1 saturated heterocycles. The van der Waals surface area contributed by atoms with Crippen molar-refractivity contribution in [2.75, 3.05) is 28.4 Å². The van der Waals surface area contributed by atoms with Crippen LogP contribution in [0, 0.1) is 23.7 Å². The van der Waals surface area contributed by atoms with E-state index in [1.165, 1.54) is 46.0 Å². The molecule has 0 radical (unpaired) electrons. The molecular weight excluding hydrogens is 735 g/mol. The zero-order valence-corrected chi connectivity index (χ0v) is 31.6. The minimum absolute atomic E-state index is 0.00837. The first-order chi connectivity index (χ1) is 25.4. The van der Waals surface area contributed by atoms with E-state index >= 15 is 0 Å². The standard InChI is InChI=1S/C37H46ClO14P/c1-44-30(41)12-8-23-7-11-27(37(47-4)36(51-52-37)24-14-21-13-22(16-24)17-25(36)15-21)31(38)32(23)48-19-20-5-9-26(10-6-20)49-53(42,43)50-34-29(40)18-28(39)33(45-2)35(34)46-3/h5-12,21-22,24-25,28-29,33-35,39-40H,13-19H2,1-4H3,(H,42,43)/b12-8+/t21?,22?,24?,25?,28-,29-,33+,34-,35-,36?,37?/m1/s1. The van der Waals surface area contributed by atoms with Gasteiger partial charge in [-0.2, -0.15) is 4.89 Å². The zero-order chi connectivity index (χ0) is 37.7. The highest BCUT2D eigenvalue weighted by atomic mass is 35.5. The molecule has 2 aromatic rings. The molecule has 7 atom stereocenters. The topological polar surface area (TPSA) is 178 Å². The monoisotopic (exact) mass is 780 g/mol. The lowest BCUT2D eigenvalue weighted by atomic mass is 9.47. The third-order valence-electron chi connectivity index (χ3n) is 11.7. The molecule has 6 fully saturated rings. The van der Waals surface area contributed by atoms with E-state index in [-0.39, 0.29) is 41.4 Å². The van der Waals surface area contributed by atoms with Gasteiger partial charge >= 0.3 is 13.8 Å². The Balaban J connectivity index is 1.10. The number of phosphoric acid groups is 1. The van der Waals surface area contributed by atoms with Gasteiger partial charge < -0.3 is 38.4 Å². The molecule has 1 spiro atoms. The van der Waals surface area contributed by atoms with Gasteiger partial charge in [-0.3, -0.25) is 9.42 Å². The maximum Gasteiger partial charge on any atom is 0.527 e. The molecule has 14 nitrogen and oxygen atoms in total. The van der Waals surface area contributed by atoms with Crippen molar-refractivity contribution >= 4 is 31.5 Å². The summed E-state index contributed by atoms with van der Waals surface area (Å²) in [5.41, 5.74) is 1.04. The second kappa shape index (κ2) is 15.2. The normalized spacial score (nSPS) is 37.0. The van der Waals surface area contributed by atoms with E-state index < -0.39 is 55.7 Å². The predicted molar refractivity (Wildman–Crippen MR) is 187 cm³/mol. The average molecular weight is 781 g/mol. The van der Waals surface area contributed by atoms with Gasteiger partial charge in [0.2, 0.25) is 0 Å². The lowest BCUT2D eigenvalue weighted by Crippen LogP contribution is -2.76. The zero-order valence-electron chi connectivity index (χ0n) is 29.9. The van der Waals surface area contributed by atoms with Gasteiger partial charge in [0.05, 0.1) is 24.3 Å². The Hall–Kier alpha value is -2.59. The van der Waals surface area contributed by atoms with Crippen molar-refractivity contribution < 1.29 is 67.0 Å². The SMILES string of the molecule is COC(=O)/C=C/c1ccc(C2(OC)OOC23C2CC4CC(C2)CC3C4)c(Cl)c1OCc1ccc(OP(=O)(O)O[C@H]2[C@H](OC)[C@@H](OC)[C@H](O)C[C@H]2O)cc1. The molecule has 5 aliphatic carbocycles. The summed E-state index contributed by atoms with van der Waals surface area (Å²) in [6, 6.07) is 9.79. The van der Waals surface area contributed by atoms with Gasteiger partial charge in [0.25, 0.3) is 5.79 Å². The maximum atomic E-state index is 13.0. The molecule has 2 aromatic carbocycles. The van der Waals surface area contributed by atoms with Crippen LogP contribution < -0.4 is 9.26 Å². The number of methoxy groups -OCH3 is 4. The summed E-state index contributed by atoms with van der Waals surface area (Å²) in [6.07, 6.45) is 2.51. The van der Waals surface area contributed by atoms with Crippen LogP contribution in [0.3, 0.4) is 0 Å². The van der Waals surface area contributed by atoms with Crippen molar-refractivity contribution in [1.29, 1.82) is 0 Å². The molecule has 1 aliphatic heterocycles. The number of aliphatic hydroxyl groups excluding tert-OH is 2. The Morgan fingerprint density at radius 3 is 2.09 bits per heavy atom. The van der Waals surface area contributed by atoms with Gasteiger partial charge in [0.15, 0.2) is 5.60 Å². The Labute approximate surface area is 312 Å². The Bertz CT molecular complexity index is 1700. The number of halogens is 1. The van der Waals surface area contributed by atoms with Crippen molar-refractivity contribution in [3.8, 4) is 11.5 Å². The predicted octanol–water partition coefficient (Wildman–Crippen LogP) is 5.08. The summed E-state index contributed by atoms with van der Waals surface area (Å²) in [7, 11) is 0.767. The Morgan fingerprint density at radius 2 is 1.53 bits per heavy atom. The van der Waals surface area contributed by atoms with Crippen molar-refractivity contribution in [2.24, 2.45) is 23.7 Å². The summed E-state index contributed by atoms with van der Waals surface area (Å²) in [4.78, 5) is 34.7. The quantitative estimate of drug-likeness (QED) is 0.106. The van der Waals surface area contributed by atoms with E-state index in [1.807, 2.05) is 6.07 Å². The lowest BCUT2D eigenvalue weighted by Gasteiger charge is -2.68. The number of aliphatic hydroxyl groups is 2. The molecular formula is C37H46ClO14P. The number of ether oxygens (including phenoxy) is 5. The number of benzene rings is 2. The molecule has 2 unspecified atom stereocenters. The van der Waals surface area contributed by atoms with Crippen LogP contribution in [-0.4, -0.2) is 85.6 Å². The van der Waals surface area contributed by atoms with Gasteiger partial charge in [0.1, 0.15) is 36.4 Å². The second-order valence-corrected chi connectivity index (χ2v) is 16.3. The minimum atomic E-state index is -4.79. The molecule has 3 N–H and O–H groups in total. The van der Waals surface area contributed by atoms with Crippen LogP contribution in [0.15, 0.2) is 42.5 Å². The molecule has 5 saturated carbocycles. The molecule has 290 valence electrons. The highest BCUT2D eigenvalue weighted by Gasteiger charge is 2.77. The van der Waals surface area contributed by atoms with Crippen LogP contribution >= 0.6 is 19.4 Å².